The number of thioether (sulfide) groups is 1. The Hall–Kier alpha value is -2.84. The highest BCUT2D eigenvalue weighted by Gasteiger charge is 2.31. The van der Waals surface area contributed by atoms with E-state index in [0.717, 1.165) is 36.1 Å². The molecule has 1 saturated heterocycles. The van der Waals surface area contributed by atoms with Gasteiger partial charge < -0.3 is 14.8 Å². The Morgan fingerprint density at radius 1 is 1.12 bits per heavy atom. The minimum atomic E-state index is -0.0738. The van der Waals surface area contributed by atoms with E-state index in [9.17, 15) is 9.59 Å². The number of carbonyl (C=O) groups is 2. The van der Waals surface area contributed by atoms with Gasteiger partial charge in [-0.25, -0.2) is 0 Å². The fourth-order valence-electron chi connectivity index (χ4n) is 3.75. The van der Waals surface area contributed by atoms with E-state index in [1.165, 1.54) is 17.3 Å². The highest BCUT2D eigenvalue weighted by atomic mass is 32.2. The van der Waals surface area contributed by atoms with Crippen LogP contribution in [-0.2, 0) is 9.59 Å². The molecule has 8 heteroatoms. The van der Waals surface area contributed by atoms with Gasteiger partial charge in [0.2, 0.25) is 12.7 Å². The van der Waals surface area contributed by atoms with Gasteiger partial charge in [0.05, 0.1) is 4.91 Å². The zero-order valence-electron chi connectivity index (χ0n) is 18.7. The molecule has 0 unspecified atom stereocenters. The molecule has 0 atom stereocenters. The third-order valence-corrected chi connectivity index (χ3v) is 6.89. The van der Waals surface area contributed by atoms with E-state index in [4.69, 9.17) is 21.7 Å². The first-order valence-electron chi connectivity index (χ1n) is 10.9. The van der Waals surface area contributed by atoms with Crippen molar-refractivity contribution in [3.63, 3.8) is 0 Å². The monoisotopic (exact) mass is 482 g/mol. The number of anilines is 1. The van der Waals surface area contributed by atoms with Crippen LogP contribution in [0.5, 0.6) is 11.5 Å². The van der Waals surface area contributed by atoms with Crippen molar-refractivity contribution in [1.29, 1.82) is 0 Å². The molecule has 0 spiro atoms. The molecule has 1 N–H and O–H groups in total. The fraction of sp³-hybridized carbons (Fsp3) is 0.320. The Balaban J connectivity index is 1.22. The van der Waals surface area contributed by atoms with Crippen molar-refractivity contribution in [1.82, 2.24) is 4.90 Å². The van der Waals surface area contributed by atoms with Gasteiger partial charge in [-0.05, 0) is 62.1 Å². The number of amides is 2. The van der Waals surface area contributed by atoms with Crippen LogP contribution in [0.3, 0.4) is 0 Å². The molecule has 6 nitrogen and oxygen atoms in total. The highest BCUT2D eigenvalue weighted by Crippen LogP contribution is 2.36. The van der Waals surface area contributed by atoms with Gasteiger partial charge in [-0.1, -0.05) is 54.2 Å². The molecular weight excluding hydrogens is 456 g/mol. The smallest absolute Gasteiger partial charge is 0.266 e. The van der Waals surface area contributed by atoms with Crippen molar-refractivity contribution in [2.75, 3.05) is 18.7 Å². The molecule has 2 aromatic rings. The Morgan fingerprint density at radius 3 is 2.76 bits per heavy atom. The number of thiocarbonyl (C=S) groups is 1. The van der Waals surface area contributed by atoms with Crippen molar-refractivity contribution in [2.24, 2.45) is 0 Å². The maximum Gasteiger partial charge on any atom is 0.266 e. The molecule has 0 bridgehead atoms. The third kappa shape index (κ3) is 5.75. The maximum atomic E-state index is 12.8. The molecule has 2 aliphatic heterocycles. The first-order valence-corrected chi connectivity index (χ1v) is 12.2. The molecule has 33 heavy (non-hydrogen) atoms. The van der Waals surface area contributed by atoms with E-state index in [2.05, 4.69) is 11.4 Å². The number of ether oxygens (including phenoxy) is 2. The first kappa shape index (κ1) is 23.3. The van der Waals surface area contributed by atoms with Crippen LogP contribution >= 0.6 is 24.0 Å². The number of benzene rings is 2. The number of rotatable bonds is 8. The third-order valence-electron chi connectivity index (χ3n) is 5.51. The van der Waals surface area contributed by atoms with Gasteiger partial charge in [0.25, 0.3) is 5.91 Å². The predicted molar refractivity (Wildman–Crippen MR) is 135 cm³/mol. The number of aryl methyl sites for hydroxylation is 2. The number of carbonyl (C=O) groups excluding carboxylic acids is 2. The number of hydrogen-bond acceptors (Lipinski definition) is 6. The maximum absolute atomic E-state index is 12.8. The summed E-state index contributed by atoms with van der Waals surface area (Å²) in [6.45, 7) is 4.80. The Morgan fingerprint density at radius 2 is 1.94 bits per heavy atom. The molecule has 172 valence electrons. The molecule has 0 aromatic heterocycles. The van der Waals surface area contributed by atoms with E-state index in [0.29, 0.717) is 33.7 Å². The molecule has 0 aliphatic carbocycles. The standard InChI is InChI=1S/C25H26N2O4S2/c1-16-7-9-19(17(2)12-16)26-23(28)6-4-3-5-11-27-24(29)22(33-25(27)32)14-18-8-10-20-21(13-18)31-15-30-20/h7-10,12-14H,3-6,11,15H2,1-2H3,(H,26,28)/b22-14-. The number of nitrogens with one attached hydrogen (secondary N) is 1. The van der Waals surface area contributed by atoms with Gasteiger partial charge in [0.15, 0.2) is 11.5 Å². The van der Waals surface area contributed by atoms with E-state index in [1.807, 2.05) is 50.3 Å². The average molecular weight is 483 g/mol. The minimum Gasteiger partial charge on any atom is -0.454 e. The van der Waals surface area contributed by atoms with Crippen LogP contribution in [0.1, 0.15) is 42.4 Å². The highest BCUT2D eigenvalue weighted by molar-refractivity contribution is 8.26. The summed E-state index contributed by atoms with van der Waals surface area (Å²) in [5, 5.41) is 2.98. The van der Waals surface area contributed by atoms with Gasteiger partial charge in [-0.3, -0.25) is 14.5 Å². The van der Waals surface area contributed by atoms with Crippen LogP contribution in [0, 0.1) is 13.8 Å². The molecular formula is C25H26N2O4S2. The zero-order valence-corrected chi connectivity index (χ0v) is 20.3. The number of fused-ring (bicyclic) bond motifs is 1. The summed E-state index contributed by atoms with van der Waals surface area (Å²) in [4.78, 5) is 27.3. The summed E-state index contributed by atoms with van der Waals surface area (Å²) < 4.78 is 11.3. The van der Waals surface area contributed by atoms with Crippen LogP contribution in [0.2, 0.25) is 0 Å². The molecule has 2 amide bonds. The molecule has 0 saturated carbocycles. The van der Waals surface area contributed by atoms with Gasteiger partial charge in [-0.2, -0.15) is 0 Å². The fourth-order valence-corrected chi connectivity index (χ4v) is 5.05. The average Bonchev–Trinajstić information content (AvgIpc) is 3.34. The summed E-state index contributed by atoms with van der Waals surface area (Å²) >= 11 is 6.74. The molecule has 0 radical (unpaired) electrons. The molecule has 2 aliphatic rings. The van der Waals surface area contributed by atoms with Crippen LogP contribution in [0.25, 0.3) is 6.08 Å². The second-order valence-electron chi connectivity index (χ2n) is 8.12. The van der Waals surface area contributed by atoms with E-state index in [1.54, 1.807) is 4.90 Å². The van der Waals surface area contributed by atoms with E-state index >= 15 is 0 Å². The Labute approximate surface area is 203 Å². The number of unbranched alkanes of at least 4 members (excludes halogenated alkanes) is 2. The molecule has 1 fully saturated rings. The van der Waals surface area contributed by atoms with Crippen molar-refractivity contribution < 1.29 is 19.1 Å². The van der Waals surface area contributed by atoms with Gasteiger partial charge in [0.1, 0.15) is 4.32 Å². The van der Waals surface area contributed by atoms with Crippen LogP contribution in [-0.4, -0.2) is 34.4 Å². The summed E-state index contributed by atoms with van der Waals surface area (Å²) in [6.07, 6.45) is 4.69. The van der Waals surface area contributed by atoms with E-state index < -0.39 is 0 Å². The molecule has 4 rings (SSSR count). The molecule has 2 heterocycles. The summed E-state index contributed by atoms with van der Waals surface area (Å²) in [7, 11) is 0. The van der Waals surface area contributed by atoms with E-state index in [-0.39, 0.29) is 18.6 Å². The Bertz CT molecular complexity index is 1130. The minimum absolute atomic E-state index is 0.0132. The lowest BCUT2D eigenvalue weighted by atomic mass is 10.1. The number of nitrogens with zero attached hydrogens (tertiary/aromatic N) is 1. The van der Waals surface area contributed by atoms with Crippen LogP contribution in [0.15, 0.2) is 41.3 Å². The largest absolute Gasteiger partial charge is 0.454 e. The summed E-state index contributed by atoms with van der Waals surface area (Å²) in [5.41, 5.74) is 3.96. The van der Waals surface area contributed by atoms with Gasteiger partial charge >= 0.3 is 0 Å². The predicted octanol–water partition coefficient (Wildman–Crippen LogP) is 5.43. The zero-order chi connectivity index (χ0) is 23.4. The first-order chi connectivity index (χ1) is 15.9. The van der Waals surface area contributed by atoms with Crippen molar-refractivity contribution in [2.45, 2.75) is 39.5 Å². The lowest BCUT2D eigenvalue weighted by molar-refractivity contribution is -0.122. The van der Waals surface area contributed by atoms with Crippen LogP contribution < -0.4 is 14.8 Å². The topological polar surface area (TPSA) is 67.9 Å². The lowest BCUT2D eigenvalue weighted by Gasteiger charge is -2.14. The molecule has 2 aromatic carbocycles. The van der Waals surface area contributed by atoms with Crippen molar-refractivity contribution in [3.05, 3.63) is 58.0 Å². The SMILES string of the molecule is Cc1ccc(NC(=O)CCCCCN2C(=O)/C(=C/c3ccc4c(c3)OCO4)SC2=S)c(C)c1. The summed E-state index contributed by atoms with van der Waals surface area (Å²) in [6, 6.07) is 11.6. The van der Waals surface area contributed by atoms with Gasteiger partial charge in [0, 0.05) is 18.7 Å². The summed E-state index contributed by atoms with van der Waals surface area (Å²) in [5.74, 6) is 1.33. The second-order valence-corrected chi connectivity index (χ2v) is 9.80. The van der Waals surface area contributed by atoms with Crippen LogP contribution in [0.4, 0.5) is 5.69 Å². The number of hydrogen-bond donors (Lipinski definition) is 1. The van der Waals surface area contributed by atoms with Gasteiger partial charge in [-0.15, -0.1) is 0 Å². The normalized spacial score (nSPS) is 16.1. The second kappa shape index (κ2) is 10.4. The van der Waals surface area contributed by atoms with Crippen molar-refractivity contribution >= 4 is 51.9 Å². The van der Waals surface area contributed by atoms with Crippen molar-refractivity contribution in [3.8, 4) is 11.5 Å². The Kier molecular flexibility index (Phi) is 7.35. The lowest BCUT2D eigenvalue weighted by Crippen LogP contribution is -2.29. The quantitative estimate of drug-likeness (QED) is 0.307.